The van der Waals surface area contributed by atoms with Crippen molar-refractivity contribution >= 4 is 5.95 Å². The van der Waals surface area contributed by atoms with Crippen molar-refractivity contribution < 1.29 is 4.39 Å². The molecule has 7 heteroatoms. The highest BCUT2D eigenvalue weighted by Gasteiger charge is 2.46. The van der Waals surface area contributed by atoms with E-state index in [1.54, 1.807) is 24.5 Å². The van der Waals surface area contributed by atoms with Crippen LogP contribution >= 0.6 is 0 Å². The molecule has 0 radical (unpaired) electrons. The summed E-state index contributed by atoms with van der Waals surface area (Å²) in [5.41, 5.74) is 1.80. The van der Waals surface area contributed by atoms with E-state index in [0.717, 1.165) is 68.6 Å². The van der Waals surface area contributed by atoms with Gasteiger partial charge in [0, 0.05) is 44.1 Å². The molecule has 6 nitrogen and oxygen atoms in total. The summed E-state index contributed by atoms with van der Waals surface area (Å²) in [5.74, 6) is 1.69. The molecule has 0 aliphatic carbocycles. The molecule has 0 saturated carbocycles. The lowest BCUT2D eigenvalue weighted by Crippen LogP contribution is -2.58. The van der Waals surface area contributed by atoms with Gasteiger partial charge in [-0.25, -0.2) is 19.3 Å². The first-order valence-electron chi connectivity index (χ1n) is 10.3. The zero-order valence-electron chi connectivity index (χ0n) is 16.6. The van der Waals surface area contributed by atoms with Gasteiger partial charge in [-0.05, 0) is 37.6 Å². The van der Waals surface area contributed by atoms with E-state index < -0.39 is 0 Å². The van der Waals surface area contributed by atoms with E-state index >= 15 is 0 Å². The number of rotatable bonds is 3. The monoisotopic (exact) mass is 392 g/mol. The van der Waals surface area contributed by atoms with Crippen LogP contribution in [0.25, 0.3) is 11.3 Å². The zero-order valence-corrected chi connectivity index (χ0v) is 16.6. The summed E-state index contributed by atoms with van der Waals surface area (Å²) in [6.07, 6.45) is 7.45. The molecule has 0 atom stereocenters. The fourth-order valence-corrected chi connectivity index (χ4v) is 4.96. The van der Waals surface area contributed by atoms with Crippen LogP contribution in [-0.2, 0) is 12.1 Å². The maximum atomic E-state index is 13.8. The van der Waals surface area contributed by atoms with Crippen molar-refractivity contribution in [3.63, 3.8) is 0 Å². The van der Waals surface area contributed by atoms with E-state index in [2.05, 4.69) is 31.3 Å². The summed E-state index contributed by atoms with van der Waals surface area (Å²) in [7, 11) is 0. The van der Waals surface area contributed by atoms with E-state index in [9.17, 15) is 4.39 Å². The molecule has 5 rings (SSSR count). The highest BCUT2D eigenvalue weighted by atomic mass is 19.1. The molecule has 1 aromatic carbocycles. The number of anilines is 1. The number of fused-ring (bicyclic) bond motifs is 2. The predicted octanol–water partition coefficient (Wildman–Crippen LogP) is 3.31. The number of hydrogen-bond acceptors (Lipinski definition) is 5. The molecule has 0 amide bonds. The van der Waals surface area contributed by atoms with Crippen molar-refractivity contribution in [1.82, 2.24) is 24.4 Å². The molecule has 29 heavy (non-hydrogen) atoms. The highest BCUT2D eigenvalue weighted by molar-refractivity contribution is 5.60. The second-order valence-electron chi connectivity index (χ2n) is 7.78. The molecule has 2 aromatic heterocycles. The Balaban J connectivity index is 1.49. The lowest BCUT2D eigenvalue weighted by atomic mass is 9.83. The second-order valence-corrected chi connectivity index (χ2v) is 7.78. The minimum atomic E-state index is -0.213. The summed E-state index contributed by atoms with van der Waals surface area (Å²) in [5, 5.41) is 0. The van der Waals surface area contributed by atoms with Crippen LogP contribution in [0.4, 0.5) is 10.3 Å². The van der Waals surface area contributed by atoms with E-state index in [1.165, 1.54) is 6.07 Å². The Hall–Kier alpha value is -2.80. The van der Waals surface area contributed by atoms with Crippen molar-refractivity contribution in [1.29, 1.82) is 0 Å². The minimum Gasteiger partial charge on any atom is -0.341 e. The Morgan fingerprint density at radius 1 is 1.00 bits per heavy atom. The van der Waals surface area contributed by atoms with Gasteiger partial charge in [-0.1, -0.05) is 19.1 Å². The normalized spacial score (nSPS) is 18.8. The maximum absolute atomic E-state index is 13.8. The van der Waals surface area contributed by atoms with Crippen LogP contribution < -0.4 is 4.90 Å². The SMILES string of the molecule is CCN1CCn2c(-c3cccc(F)c3)cnc2C12CCN(c1ncccn1)CC2. The van der Waals surface area contributed by atoms with Crippen LogP contribution in [0.3, 0.4) is 0 Å². The van der Waals surface area contributed by atoms with Gasteiger partial charge in [-0.2, -0.15) is 0 Å². The number of nitrogens with zero attached hydrogens (tertiary/aromatic N) is 6. The summed E-state index contributed by atoms with van der Waals surface area (Å²) >= 11 is 0. The Bertz CT molecular complexity index is 994. The van der Waals surface area contributed by atoms with E-state index in [-0.39, 0.29) is 11.4 Å². The first-order chi connectivity index (χ1) is 14.2. The molecule has 0 unspecified atom stereocenters. The number of piperidine rings is 1. The lowest BCUT2D eigenvalue weighted by molar-refractivity contribution is 0.0296. The minimum absolute atomic E-state index is 0.0934. The third-order valence-corrected chi connectivity index (χ3v) is 6.40. The Morgan fingerprint density at radius 2 is 1.79 bits per heavy atom. The molecule has 1 saturated heterocycles. The number of halogens is 1. The van der Waals surface area contributed by atoms with Crippen molar-refractivity contribution in [2.75, 3.05) is 31.1 Å². The fourth-order valence-electron chi connectivity index (χ4n) is 4.96. The third-order valence-electron chi connectivity index (χ3n) is 6.40. The summed E-state index contributed by atoms with van der Waals surface area (Å²) in [4.78, 5) is 18.5. The summed E-state index contributed by atoms with van der Waals surface area (Å²) in [6, 6.07) is 8.65. The van der Waals surface area contributed by atoms with E-state index in [1.807, 2.05) is 18.3 Å². The van der Waals surface area contributed by atoms with Crippen LogP contribution in [0, 0.1) is 5.82 Å². The van der Waals surface area contributed by atoms with Crippen molar-refractivity contribution in [3.05, 3.63) is 60.6 Å². The maximum Gasteiger partial charge on any atom is 0.225 e. The Morgan fingerprint density at radius 3 is 2.52 bits per heavy atom. The van der Waals surface area contributed by atoms with E-state index in [4.69, 9.17) is 4.98 Å². The first kappa shape index (κ1) is 18.2. The highest BCUT2D eigenvalue weighted by Crippen LogP contribution is 2.42. The number of hydrogen-bond donors (Lipinski definition) is 0. The van der Waals surface area contributed by atoms with Gasteiger partial charge < -0.3 is 9.47 Å². The molecule has 3 aromatic rings. The smallest absolute Gasteiger partial charge is 0.225 e. The summed E-state index contributed by atoms with van der Waals surface area (Å²) < 4.78 is 16.1. The molecular weight excluding hydrogens is 367 g/mol. The fraction of sp³-hybridized carbons (Fsp3) is 0.409. The lowest BCUT2D eigenvalue weighted by Gasteiger charge is -2.50. The van der Waals surface area contributed by atoms with Gasteiger partial charge in [0.2, 0.25) is 5.95 Å². The Labute approximate surface area is 170 Å². The quantitative estimate of drug-likeness (QED) is 0.685. The largest absolute Gasteiger partial charge is 0.341 e. The Kier molecular flexibility index (Phi) is 4.54. The number of likely N-dealkylation sites (N-methyl/N-ethyl adjacent to an activating group) is 1. The van der Waals surface area contributed by atoms with Crippen LogP contribution in [-0.4, -0.2) is 50.6 Å². The molecule has 1 fully saturated rings. The molecule has 2 aliphatic heterocycles. The van der Waals surface area contributed by atoms with Crippen molar-refractivity contribution in [2.45, 2.75) is 31.8 Å². The molecule has 4 heterocycles. The molecule has 1 spiro atoms. The summed E-state index contributed by atoms with van der Waals surface area (Å²) in [6.45, 7) is 6.85. The van der Waals surface area contributed by atoms with Crippen LogP contribution in [0.5, 0.6) is 0 Å². The topological polar surface area (TPSA) is 50.1 Å². The molecular formula is C22H25FN6. The van der Waals surface area contributed by atoms with Crippen molar-refractivity contribution in [3.8, 4) is 11.3 Å². The van der Waals surface area contributed by atoms with Gasteiger partial charge in [-0.15, -0.1) is 0 Å². The second kappa shape index (κ2) is 7.22. The van der Waals surface area contributed by atoms with Gasteiger partial charge in [0.25, 0.3) is 0 Å². The average molecular weight is 392 g/mol. The van der Waals surface area contributed by atoms with E-state index in [0.29, 0.717) is 0 Å². The zero-order chi connectivity index (χ0) is 19.8. The molecule has 150 valence electrons. The third kappa shape index (κ3) is 3.00. The molecule has 0 N–H and O–H groups in total. The van der Waals surface area contributed by atoms with Gasteiger partial charge in [0.15, 0.2) is 0 Å². The van der Waals surface area contributed by atoms with Gasteiger partial charge in [0.05, 0.1) is 17.4 Å². The van der Waals surface area contributed by atoms with Gasteiger partial charge in [-0.3, -0.25) is 4.90 Å². The first-order valence-corrected chi connectivity index (χ1v) is 10.3. The number of benzene rings is 1. The standard InChI is InChI=1S/C22H25FN6/c1-2-28-13-14-29-19(17-5-3-6-18(23)15-17)16-26-20(29)22(28)7-11-27(12-8-22)21-24-9-4-10-25-21/h3-6,9-10,15-16H,2,7-8,11-14H2,1H3. The van der Waals surface area contributed by atoms with Crippen LogP contribution in [0.15, 0.2) is 48.9 Å². The number of aromatic nitrogens is 4. The molecule has 2 aliphatic rings. The van der Waals surface area contributed by atoms with Crippen LogP contribution in [0.2, 0.25) is 0 Å². The number of imidazole rings is 1. The van der Waals surface area contributed by atoms with Gasteiger partial charge in [0.1, 0.15) is 11.6 Å². The van der Waals surface area contributed by atoms with Crippen molar-refractivity contribution in [2.24, 2.45) is 0 Å². The van der Waals surface area contributed by atoms with Gasteiger partial charge >= 0.3 is 0 Å². The molecule has 0 bridgehead atoms. The van der Waals surface area contributed by atoms with Crippen LogP contribution in [0.1, 0.15) is 25.6 Å². The average Bonchev–Trinajstić information content (AvgIpc) is 3.21. The predicted molar refractivity (Wildman–Crippen MR) is 110 cm³/mol.